The Kier molecular flexibility index (Phi) is 9.73. The molecule has 3 rings (SSSR count). The number of benzene rings is 2. The van der Waals surface area contributed by atoms with E-state index in [1.807, 2.05) is 31.2 Å². The Balaban J connectivity index is 1.62. The first-order valence-corrected chi connectivity index (χ1v) is 12.7. The zero-order valence-electron chi connectivity index (χ0n) is 21.2. The summed E-state index contributed by atoms with van der Waals surface area (Å²) in [5, 5.41) is 2.23. The molecule has 1 N–H and O–H groups in total. The molecule has 1 fully saturated rings. The molecule has 0 saturated carbocycles. The summed E-state index contributed by atoms with van der Waals surface area (Å²) in [5.41, 5.74) is 2.43. The second-order valence-corrected chi connectivity index (χ2v) is 9.27. The number of methoxy groups -OCH3 is 1. The van der Waals surface area contributed by atoms with Crippen molar-refractivity contribution in [1.29, 1.82) is 0 Å². The summed E-state index contributed by atoms with van der Waals surface area (Å²) in [6.45, 7) is 5.00. The fourth-order valence-corrected chi connectivity index (χ4v) is 4.16. The van der Waals surface area contributed by atoms with Crippen molar-refractivity contribution in [2.45, 2.75) is 39.7 Å². The van der Waals surface area contributed by atoms with Gasteiger partial charge in [0.25, 0.3) is 17.1 Å². The van der Waals surface area contributed by atoms with E-state index in [1.54, 1.807) is 25.1 Å². The van der Waals surface area contributed by atoms with E-state index in [1.165, 1.54) is 18.7 Å². The summed E-state index contributed by atoms with van der Waals surface area (Å²) < 4.78 is 16.2. The van der Waals surface area contributed by atoms with Crippen LogP contribution in [-0.2, 0) is 25.5 Å². The van der Waals surface area contributed by atoms with E-state index in [2.05, 4.69) is 12.2 Å². The van der Waals surface area contributed by atoms with Crippen LogP contribution in [0.3, 0.4) is 0 Å². The van der Waals surface area contributed by atoms with Crippen LogP contribution in [0, 0.1) is 0 Å². The first-order chi connectivity index (χ1) is 17.7. The fourth-order valence-electron chi connectivity index (χ4n) is 3.32. The molecule has 1 saturated heterocycles. The summed E-state index contributed by atoms with van der Waals surface area (Å²) in [6.07, 6.45) is 2.78. The molecule has 9 nitrogen and oxygen atoms in total. The van der Waals surface area contributed by atoms with Gasteiger partial charge in [-0.05, 0) is 73.0 Å². The van der Waals surface area contributed by atoms with Gasteiger partial charge in [-0.3, -0.25) is 24.1 Å². The average Bonchev–Trinajstić information content (AvgIpc) is 3.15. The molecule has 1 atom stereocenters. The number of ether oxygens (including phenoxy) is 3. The van der Waals surface area contributed by atoms with Crippen molar-refractivity contribution < 1.29 is 33.4 Å². The predicted octanol–water partition coefficient (Wildman–Crippen LogP) is 4.65. The van der Waals surface area contributed by atoms with E-state index in [0.717, 1.165) is 23.1 Å². The second-order valence-electron chi connectivity index (χ2n) is 8.27. The number of imide groups is 1. The first-order valence-electron chi connectivity index (χ1n) is 11.9. The van der Waals surface area contributed by atoms with Gasteiger partial charge < -0.3 is 19.5 Å². The summed E-state index contributed by atoms with van der Waals surface area (Å²) in [5.74, 6) is -0.833. The third-order valence-corrected chi connectivity index (χ3v) is 6.47. The highest BCUT2D eigenvalue weighted by Gasteiger charge is 2.36. The molecule has 0 radical (unpaired) electrons. The van der Waals surface area contributed by atoms with Gasteiger partial charge in [0, 0.05) is 5.69 Å². The lowest BCUT2D eigenvalue weighted by atomic mass is 10.1. The number of anilines is 1. The Morgan fingerprint density at radius 2 is 1.81 bits per heavy atom. The van der Waals surface area contributed by atoms with Gasteiger partial charge in [0.1, 0.15) is 6.54 Å². The molecule has 1 aliphatic rings. The van der Waals surface area contributed by atoms with Crippen LogP contribution in [0.25, 0.3) is 6.08 Å². The lowest BCUT2D eigenvalue weighted by molar-refractivity contribution is -0.150. The third kappa shape index (κ3) is 7.60. The molecular weight excluding hydrogens is 496 g/mol. The average molecular weight is 527 g/mol. The van der Waals surface area contributed by atoms with E-state index in [9.17, 15) is 19.2 Å². The van der Waals surface area contributed by atoms with E-state index in [4.69, 9.17) is 14.2 Å². The molecule has 3 amide bonds. The fraction of sp³-hybridized carbons (Fsp3) is 0.333. The molecular formula is C27H30N2O7S. The molecule has 0 aliphatic carbocycles. The number of hydrogen-bond donors (Lipinski definition) is 1. The van der Waals surface area contributed by atoms with Crippen LogP contribution in [0.4, 0.5) is 10.5 Å². The number of carbonyl (C=O) groups excluding carboxylic acids is 4. The minimum Gasteiger partial charge on any atom is -0.493 e. The van der Waals surface area contributed by atoms with Crippen molar-refractivity contribution in [2.24, 2.45) is 0 Å². The molecule has 0 unspecified atom stereocenters. The van der Waals surface area contributed by atoms with Gasteiger partial charge in [0.2, 0.25) is 0 Å². The van der Waals surface area contributed by atoms with Crippen LogP contribution >= 0.6 is 11.8 Å². The summed E-state index contributed by atoms with van der Waals surface area (Å²) in [4.78, 5) is 50.4. The molecule has 0 spiro atoms. The van der Waals surface area contributed by atoms with E-state index < -0.39 is 23.7 Å². The van der Waals surface area contributed by atoms with Crippen LogP contribution in [0.2, 0.25) is 0 Å². The number of rotatable bonds is 11. The maximum atomic E-state index is 12.7. The SMILES string of the molecule is CCc1ccc(NC(=O)COc2ccc(/C=C3\SC(=O)N(CC(=O)O[C@@H](C)CC)C3=O)cc2OC)cc1. The van der Waals surface area contributed by atoms with Gasteiger partial charge in [-0.25, -0.2) is 0 Å². The maximum Gasteiger partial charge on any atom is 0.326 e. The zero-order chi connectivity index (χ0) is 26.9. The Morgan fingerprint density at radius 1 is 1.08 bits per heavy atom. The molecule has 1 aliphatic heterocycles. The smallest absolute Gasteiger partial charge is 0.326 e. The highest BCUT2D eigenvalue weighted by Crippen LogP contribution is 2.34. The largest absolute Gasteiger partial charge is 0.493 e. The number of thioether (sulfide) groups is 1. The number of aryl methyl sites for hydroxylation is 1. The van der Waals surface area contributed by atoms with E-state index in [0.29, 0.717) is 29.2 Å². The molecule has 10 heteroatoms. The summed E-state index contributed by atoms with van der Waals surface area (Å²) in [6, 6.07) is 12.5. The Hall–Kier alpha value is -3.79. The standard InChI is InChI=1S/C27H30N2O7S/c1-5-17(3)36-25(31)15-29-26(32)23(37-27(29)33)14-19-9-12-21(22(13-19)34-4)35-16-24(30)28-20-10-7-18(6-2)8-11-20/h7-14,17H,5-6,15-16H2,1-4H3,(H,28,30)/b23-14-/t17-/m0/s1. The number of nitrogens with one attached hydrogen (secondary N) is 1. The van der Waals surface area contributed by atoms with E-state index in [-0.39, 0.29) is 23.5 Å². The van der Waals surface area contributed by atoms with Crippen molar-refractivity contribution in [1.82, 2.24) is 4.90 Å². The second kappa shape index (κ2) is 13.0. The van der Waals surface area contributed by atoms with Crippen molar-refractivity contribution in [2.75, 3.05) is 25.6 Å². The predicted molar refractivity (Wildman–Crippen MR) is 141 cm³/mol. The number of amides is 3. The van der Waals surface area contributed by atoms with Crippen molar-refractivity contribution in [3.63, 3.8) is 0 Å². The lowest BCUT2D eigenvalue weighted by Crippen LogP contribution is -2.35. The van der Waals surface area contributed by atoms with Crippen molar-refractivity contribution in [3.8, 4) is 11.5 Å². The number of esters is 1. The summed E-state index contributed by atoms with van der Waals surface area (Å²) in [7, 11) is 1.46. The highest BCUT2D eigenvalue weighted by molar-refractivity contribution is 8.18. The third-order valence-electron chi connectivity index (χ3n) is 5.56. The Labute approximate surface area is 220 Å². The lowest BCUT2D eigenvalue weighted by Gasteiger charge is -2.14. The Bertz CT molecular complexity index is 1190. The molecule has 0 aromatic heterocycles. The van der Waals surface area contributed by atoms with Gasteiger partial charge >= 0.3 is 5.97 Å². The normalized spacial score (nSPS) is 15.0. The van der Waals surface area contributed by atoms with Crippen LogP contribution in [0.1, 0.15) is 38.3 Å². The monoisotopic (exact) mass is 526 g/mol. The molecule has 2 aromatic rings. The van der Waals surface area contributed by atoms with Crippen LogP contribution in [0.5, 0.6) is 11.5 Å². The van der Waals surface area contributed by atoms with Crippen LogP contribution < -0.4 is 14.8 Å². The minimum atomic E-state index is -0.636. The first kappa shape index (κ1) is 27.8. The topological polar surface area (TPSA) is 111 Å². The van der Waals surface area contributed by atoms with Gasteiger partial charge in [-0.1, -0.05) is 32.0 Å². The highest BCUT2D eigenvalue weighted by atomic mass is 32.2. The van der Waals surface area contributed by atoms with Gasteiger partial charge in [-0.15, -0.1) is 0 Å². The van der Waals surface area contributed by atoms with Gasteiger partial charge in [-0.2, -0.15) is 0 Å². The summed E-state index contributed by atoms with van der Waals surface area (Å²) >= 11 is 0.744. The van der Waals surface area contributed by atoms with E-state index >= 15 is 0 Å². The van der Waals surface area contributed by atoms with Crippen molar-refractivity contribution >= 4 is 46.5 Å². The molecule has 2 aromatic carbocycles. The Morgan fingerprint density at radius 3 is 2.46 bits per heavy atom. The van der Waals surface area contributed by atoms with Gasteiger partial charge in [0.05, 0.1) is 18.1 Å². The molecule has 37 heavy (non-hydrogen) atoms. The van der Waals surface area contributed by atoms with Crippen LogP contribution in [-0.4, -0.2) is 54.3 Å². The quantitative estimate of drug-likeness (QED) is 0.333. The minimum absolute atomic E-state index is 0.172. The molecule has 196 valence electrons. The molecule has 1 heterocycles. The van der Waals surface area contributed by atoms with Gasteiger partial charge in [0.15, 0.2) is 18.1 Å². The molecule has 0 bridgehead atoms. The number of carbonyl (C=O) groups is 4. The van der Waals surface area contributed by atoms with Crippen molar-refractivity contribution in [3.05, 3.63) is 58.5 Å². The maximum absolute atomic E-state index is 12.7. The number of nitrogens with zero attached hydrogens (tertiary/aromatic N) is 1. The van der Waals surface area contributed by atoms with Crippen LogP contribution in [0.15, 0.2) is 47.4 Å². The zero-order valence-corrected chi connectivity index (χ0v) is 22.1. The number of hydrogen-bond acceptors (Lipinski definition) is 8.